The molecule has 0 aromatic heterocycles. The number of benzene rings is 3. The summed E-state index contributed by atoms with van der Waals surface area (Å²) in [6, 6.07) is 21.9. The van der Waals surface area contributed by atoms with Gasteiger partial charge in [0.15, 0.2) is 5.11 Å². The molecule has 9 heteroatoms. The SMILES string of the molecule is Cc1ccc(S(=O)(=O)c2ccccc2NCC(=O)NN(C(N)=S)c2ccccc2)cc1. The molecule has 0 aliphatic heterocycles. The number of hydrogen-bond donors (Lipinski definition) is 3. The summed E-state index contributed by atoms with van der Waals surface area (Å²) in [5.41, 5.74) is 10.2. The first-order valence-electron chi connectivity index (χ1n) is 9.38. The second kappa shape index (κ2) is 9.59. The van der Waals surface area contributed by atoms with Gasteiger partial charge in [0.2, 0.25) is 9.84 Å². The molecular formula is C22H22N4O3S2. The van der Waals surface area contributed by atoms with Crippen molar-refractivity contribution in [2.75, 3.05) is 16.9 Å². The summed E-state index contributed by atoms with van der Waals surface area (Å²) >= 11 is 5.02. The van der Waals surface area contributed by atoms with Crippen LogP contribution in [-0.2, 0) is 14.6 Å². The summed E-state index contributed by atoms with van der Waals surface area (Å²) in [5, 5.41) is 4.15. The van der Waals surface area contributed by atoms with Crippen LogP contribution in [0.3, 0.4) is 0 Å². The number of carbonyl (C=O) groups excluding carboxylic acids is 1. The molecule has 3 aromatic rings. The number of sulfone groups is 1. The van der Waals surface area contributed by atoms with E-state index in [2.05, 4.69) is 10.7 Å². The minimum absolute atomic E-state index is 0.0260. The molecule has 31 heavy (non-hydrogen) atoms. The van der Waals surface area contributed by atoms with Gasteiger partial charge in [0.1, 0.15) is 0 Å². The lowest BCUT2D eigenvalue weighted by Gasteiger charge is -2.23. The number of anilines is 2. The highest BCUT2D eigenvalue weighted by atomic mass is 32.2. The van der Waals surface area contributed by atoms with Crippen LogP contribution in [0.2, 0.25) is 0 Å². The van der Waals surface area contributed by atoms with Crippen molar-refractivity contribution in [1.29, 1.82) is 0 Å². The van der Waals surface area contributed by atoms with E-state index in [1.807, 2.05) is 13.0 Å². The smallest absolute Gasteiger partial charge is 0.258 e. The largest absolute Gasteiger partial charge is 0.375 e. The molecule has 0 aliphatic rings. The fourth-order valence-electron chi connectivity index (χ4n) is 2.86. The zero-order valence-corrected chi connectivity index (χ0v) is 18.4. The number of nitrogens with two attached hydrogens (primary N) is 1. The zero-order valence-electron chi connectivity index (χ0n) is 16.8. The van der Waals surface area contributed by atoms with Crippen molar-refractivity contribution in [3.05, 3.63) is 84.4 Å². The van der Waals surface area contributed by atoms with Gasteiger partial charge in [-0.25, -0.2) is 13.4 Å². The van der Waals surface area contributed by atoms with E-state index in [1.54, 1.807) is 66.7 Å². The molecule has 0 spiro atoms. The maximum atomic E-state index is 13.1. The summed E-state index contributed by atoms with van der Waals surface area (Å²) in [6.07, 6.45) is 0. The minimum Gasteiger partial charge on any atom is -0.375 e. The van der Waals surface area contributed by atoms with Crippen LogP contribution in [-0.4, -0.2) is 26.0 Å². The number of para-hydroxylation sites is 2. The molecule has 0 heterocycles. The highest BCUT2D eigenvalue weighted by Gasteiger charge is 2.21. The predicted molar refractivity (Wildman–Crippen MR) is 125 cm³/mol. The Labute approximate surface area is 186 Å². The van der Waals surface area contributed by atoms with Crippen LogP contribution in [0.4, 0.5) is 11.4 Å². The van der Waals surface area contributed by atoms with Crippen LogP contribution < -0.4 is 21.5 Å². The van der Waals surface area contributed by atoms with Gasteiger partial charge in [-0.2, -0.15) is 0 Å². The molecule has 0 saturated carbocycles. The Hall–Kier alpha value is -3.43. The van der Waals surface area contributed by atoms with Crippen molar-refractivity contribution in [1.82, 2.24) is 5.43 Å². The van der Waals surface area contributed by atoms with E-state index in [9.17, 15) is 13.2 Å². The van der Waals surface area contributed by atoms with Crippen molar-refractivity contribution in [2.24, 2.45) is 5.73 Å². The Morgan fingerprint density at radius 2 is 1.58 bits per heavy atom. The van der Waals surface area contributed by atoms with Gasteiger partial charge in [0.05, 0.1) is 27.7 Å². The van der Waals surface area contributed by atoms with E-state index in [-0.39, 0.29) is 21.4 Å². The predicted octanol–water partition coefficient (Wildman–Crippen LogP) is 3.02. The van der Waals surface area contributed by atoms with E-state index >= 15 is 0 Å². The average molecular weight is 455 g/mol. The molecule has 3 aromatic carbocycles. The van der Waals surface area contributed by atoms with Gasteiger partial charge in [0.25, 0.3) is 5.91 Å². The number of carbonyl (C=O) groups is 1. The Kier molecular flexibility index (Phi) is 6.88. The minimum atomic E-state index is -3.76. The van der Waals surface area contributed by atoms with E-state index in [1.165, 1.54) is 11.1 Å². The fourth-order valence-corrected chi connectivity index (χ4v) is 4.44. The molecular weight excluding hydrogens is 432 g/mol. The van der Waals surface area contributed by atoms with E-state index < -0.39 is 15.7 Å². The van der Waals surface area contributed by atoms with Crippen LogP contribution in [0.1, 0.15) is 5.56 Å². The second-order valence-electron chi connectivity index (χ2n) is 6.71. The molecule has 7 nitrogen and oxygen atoms in total. The summed E-state index contributed by atoms with van der Waals surface area (Å²) in [5.74, 6) is -0.445. The summed E-state index contributed by atoms with van der Waals surface area (Å²) in [7, 11) is -3.76. The van der Waals surface area contributed by atoms with Gasteiger partial charge < -0.3 is 11.1 Å². The average Bonchev–Trinajstić information content (AvgIpc) is 2.77. The lowest BCUT2D eigenvalue weighted by atomic mass is 10.2. The zero-order chi connectivity index (χ0) is 22.4. The third kappa shape index (κ3) is 5.39. The molecule has 0 aliphatic carbocycles. The van der Waals surface area contributed by atoms with Gasteiger partial charge in [0, 0.05) is 0 Å². The topological polar surface area (TPSA) is 105 Å². The first kappa shape index (κ1) is 22.3. The normalized spacial score (nSPS) is 10.9. The van der Waals surface area contributed by atoms with Crippen molar-refractivity contribution < 1.29 is 13.2 Å². The maximum Gasteiger partial charge on any atom is 0.258 e. The Balaban J connectivity index is 1.76. The monoisotopic (exact) mass is 454 g/mol. The molecule has 0 radical (unpaired) electrons. The van der Waals surface area contributed by atoms with Crippen LogP contribution >= 0.6 is 12.2 Å². The molecule has 3 rings (SSSR count). The van der Waals surface area contributed by atoms with Crippen molar-refractivity contribution in [3.8, 4) is 0 Å². The van der Waals surface area contributed by atoms with Gasteiger partial charge in [-0.05, 0) is 55.5 Å². The summed E-state index contributed by atoms with van der Waals surface area (Å²) in [6.45, 7) is 1.70. The molecule has 1 amide bonds. The quantitative estimate of drug-likeness (QED) is 0.388. The van der Waals surface area contributed by atoms with E-state index in [4.69, 9.17) is 18.0 Å². The lowest BCUT2D eigenvalue weighted by molar-refractivity contribution is -0.119. The Bertz CT molecular complexity index is 1180. The van der Waals surface area contributed by atoms with Gasteiger partial charge >= 0.3 is 0 Å². The molecule has 0 bridgehead atoms. The number of nitrogens with one attached hydrogen (secondary N) is 2. The number of hydrazine groups is 1. The van der Waals surface area contributed by atoms with Crippen LogP contribution in [0.15, 0.2) is 88.7 Å². The molecule has 0 unspecified atom stereocenters. The molecule has 4 N–H and O–H groups in total. The Morgan fingerprint density at radius 3 is 2.23 bits per heavy atom. The summed E-state index contributed by atoms with van der Waals surface area (Å²) in [4.78, 5) is 12.8. The Morgan fingerprint density at radius 1 is 0.968 bits per heavy atom. The third-order valence-corrected chi connectivity index (χ3v) is 6.43. The van der Waals surface area contributed by atoms with Crippen molar-refractivity contribution in [3.63, 3.8) is 0 Å². The number of thiocarbonyl (C=S) groups is 1. The van der Waals surface area contributed by atoms with Gasteiger partial charge in [-0.1, -0.05) is 48.0 Å². The molecule has 0 saturated heterocycles. The van der Waals surface area contributed by atoms with E-state index in [0.29, 0.717) is 11.4 Å². The van der Waals surface area contributed by atoms with Crippen LogP contribution in [0.25, 0.3) is 0 Å². The number of rotatable bonds is 6. The third-order valence-electron chi connectivity index (χ3n) is 4.42. The maximum absolute atomic E-state index is 13.1. The van der Waals surface area contributed by atoms with Crippen molar-refractivity contribution in [2.45, 2.75) is 16.7 Å². The fraction of sp³-hybridized carbons (Fsp3) is 0.0909. The van der Waals surface area contributed by atoms with Crippen LogP contribution in [0.5, 0.6) is 0 Å². The van der Waals surface area contributed by atoms with E-state index in [0.717, 1.165) is 5.56 Å². The second-order valence-corrected chi connectivity index (χ2v) is 9.05. The highest BCUT2D eigenvalue weighted by Crippen LogP contribution is 2.27. The number of hydrogen-bond acceptors (Lipinski definition) is 5. The summed E-state index contributed by atoms with van der Waals surface area (Å²) < 4.78 is 26.2. The lowest BCUT2D eigenvalue weighted by Crippen LogP contribution is -2.50. The van der Waals surface area contributed by atoms with Gasteiger partial charge in [-0.3, -0.25) is 10.2 Å². The highest BCUT2D eigenvalue weighted by molar-refractivity contribution is 7.91. The van der Waals surface area contributed by atoms with Crippen molar-refractivity contribution >= 4 is 44.4 Å². The molecule has 0 fully saturated rings. The number of nitrogens with zero attached hydrogens (tertiary/aromatic N) is 1. The molecule has 0 atom stereocenters. The first-order chi connectivity index (χ1) is 14.8. The standard InChI is InChI=1S/C22H22N4O3S2/c1-16-11-13-18(14-12-16)31(28,29)20-10-6-5-9-19(20)24-15-21(27)25-26(22(23)30)17-7-3-2-4-8-17/h2-14,24H,15H2,1H3,(H2,23,30)(H,25,27). The van der Waals surface area contributed by atoms with Crippen LogP contribution in [0, 0.1) is 6.92 Å². The first-order valence-corrected chi connectivity index (χ1v) is 11.3. The molecule has 160 valence electrons. The number of amides is 1. The van der Waals surface area contributed by atoms with Gasteiger partial charge in [-0.15, -0.1) is 0 Å². The number of aryl methyl sites for hydroxylation is 1.